The van der Waals surface area contributed by atoms with Gasteiger partial charge in [-0.3, -0.25) is 0 Å². The van der Waals surface area contributed by atoms with Gasteiger partial charge in [-0.1, -0.05) is 48.5 Å². The monoisotopic (exact) mass is 513 g/mol. The van der Waals surface area contributed by atoms with Gasteiger partial charge in [0.2, 0.25) is 0 Å². The van der Waals surface area contributed by atoms with Gasteiger partial charge in [-0.15, -0.1) is 0 Å². The van der Waals surface area contributed by atoms with Gasteiger partial charge < -0.3 is 25.4 Å². The summed E-state index contributed by atoms with van der Waals surface area (Å²) in [4.78, 5) is 18.2. The first-order valence-electron chi connectivity index (χ1n) is 11.8. The SMILES string of the molecule is O=C(O)C(=O)O.OC(CNC1CCCc2ccccc21)COC(c1ccc(F)cc1)c1ccc(F)cc1. The number of carboxylic acid groups (broad SMARTS) is 2. The molecule has 0 heterocycles. The molecule has 4 rings (SSSR count). The van der Waals surface area contributed by atoms with Crippen LogP contribution in [-0.4, -0.2) is 46.5 Å². The minimum absolute atomic E-state index is 0.0980. The zero-order valence-electron chi connectivity index (χ0n) is 20.0. The minimum Gasteiger partial charge on any atom is -0.473 e. The summed E-state index contributed by atoms with van der Waals surface area (Å²) in [5.41, 5.74) is 4.16. The van der Waals surface area contributed by atoms with Crippen LogP contribution in [0.15, 0.2) is 72.8 Å². The Labute approximate surface area is 213 Å². The first kappa shape index (κ1) is 27.9. The van der Waals surface area contributed by atoms with Crippen LogP contribution < -0.4 is 5.32 Å². The number of hydrogen-bond acceptors (Lipinski definition) is 5. The number of hydrogen-bond donors (Lipinski definition) is 4. The number of halogens is 2. The number of aryl methyl sites for hydroxylation is 1. The summed E-state index contributed by atoms with van der Waals surface area (Å²) in [7, 11) is 0. The molecule has 196 valence electrons. The Kier molecular flexibility index (Phi) is 10.3. The molecule has 4 N–H and O–H groups in total. The number of benzene rings is 3. The Morgan fingerprint density at radius 3 is 1.97 bits per heavy atom. The predicted molar refractivity (Wildman–Crippen MR) is 132 cm³/mol. The van der Waals surface area contributed by atoms with Crippen molar-refractivity contribution in [2.75, 3.05) is 13.2 Å². The maximum absolute atomic E-state index is 13.4. The van der Waals surface area contributed by atoms with Gasteiger partial charge in [0.05, 0.1) is 12.7 Å². The van der Waals surface area contributed by atoms with E-state index in [1.54, 1.807) is 24.3 Å². The summed E-state index contributed by atoms with van der Waals surface area (Å²) in [6.45, 7) is 0.499. The third-order valence-electron chi connectivity index (χ3n) is 5.95. The minimum atomic E-state index is -1.82. The van der Waals surface area contributed by atoms with E-state index in [0.29, 0.717) is 6.54 Å². The average Bonchev–Trinajstić information content (AvgIpc) is 2.89. The molecule has 0 fully saturated rings. The van der Waals surface area contributed by atoms with Crippen LogP contribution in [0.3, 0.4) is 0 Å². The molecule has 0 saturated heterocycles. The standard InChI is InChI=1S/C26H27F2NO2.C2H2O4/c27-21-12-8-19(9-13-21)26(20-10-14-22(28)15-11-20)31-17-23(30)16-29-25-7-3-5-18-4-1-2-6-24(18)25;3-1(4)2(5)6/h1-2,4,6,8-15,23,25-26,29-30H,3,5,7,16-17H2;(H,3,4)(H,5,6). The first-order chi connectivity index (χ1) is 17.7. The molecule has 0 bridgehead atoms. The van der Waals surface area contributed by atoms with Crippen molar-refractivity contribution in [2.45, 2.75) is 37.5 Å². The van der Waals surface area contributed by atoms with Crippen LogP contribution in [-0.2, 0) is 20.7 Å². The molecular formula is C28H29F2NO6. The van der Waals surface area contributed by atoms with Gasteiger partial charge in [0.1, 0.15) is 17.7 Å². The van der Waals surface area contributed by atoms with Crippen LogP contribution in [0, 0.1) is 11.6 Å². The van der Waals surface area contributed by atoms with E-state index in [0.717, 1.165) is 30.4 Å². The molecule has 1 aliphatic rings. The molecule has 0 spiro atoms. The average molecular weight is 514 g/mol. The molecule has 0 amide bonds. The van der Waals surface area contributed by atoms with Gasteiger partial charge in [-0.25, -0.2) is 18.4 Å². The molecule has 3 aromatic rings. The van der Waals surface area contributed by atoms with Gasteiger partial charge in [-0.05, 0) is 65.8 Å². The molecular weight excluding hydrogens is 484 g/mol. The second kappa shape index (κ2) is 13.6. The van der Waals surface area contributed by atoms with E-state index in [1.165, 1.54) is 35.4 Å². The lowest BCUT2D eigenvalue weighted by molar-refractivity contribution is -0.159. The van der Waals surface area contributed by atoms with Crippen molar-refractivity contribution in [1.82, 2.24) is 5.32 Å². The highest BCUT2D eigenvalue weighted by molar-refractivity contribution is 6.27. The van der Waals surface area contributed by atoms with E-state index >= 15 is 0 Å². The first-order valence-corrected chi connectivity index (χ1v) is 11.8. The summed E-state index contributed by atoms with van der Waals surface area (Å²) in [5, 5.41) is 28.8. The largest absolute Gasteiger partial charge is 0.473 e. The maximum Gasteiger partial charge on any atom is 0.414 e. The topological polar surface area (TPSA) is 116 Å². The number of fused-ring (bicyclic) bond motifs is 1. The van der Waals surface area contributed by atoms with E-state index in [-0.39, 0.29) is 24.3 Å². The Bertz CT molecular complexity index is 1110. The summed E-state index contributed by atoms with van der Waals surface area (Å²) in [6.07, 6.45) is 2.03. The highest BCUT2D eigenvalue weighted by Gasteiger charge is 2.21. The van der Waals surface area contributed by atoms with Crippen LogP contribution in [0.2, 0.25) is 0 Å². The normalized spacial score (nSPS) is 15.3. The van der Waals surface area contributed by atoms with Crippen molar-refractivity contribution in [3.8, 4) is 0 Å². The van der Waals surface area contributed by atoms with E-state index < -0.39 is 24.1 Å². The van der Waals surface area contributed by atoms with Gasteiger partial charge in [0.25, 0.3) is 0 Å². The summed E-state index contributed by atoms with van der Waals surface area (Å²) >= 11 is 0. The van der Waals surface area contributed by atoms with Crippen molar-refractivity contribution in [3.05, 3.63) is 107 Å². The smallest absolute Gasteiger partial charge is 0.414 e. The third-order valence-corrected chi connectivity index (χ3v) is 5.95. The van der Waals surface area contributed by atoms with Gasteiger partial charge in [0.15, 0.2) is 0 Å². The molecule has 9 heteroatoms. The highest BCUT2D eigenvalue weighted by atomic mass is 19.1. The summed E-state index contributed by atoms with van der Waals surface area (Å²) in [5.74, 6) is -4.32. The maximum atomic E-state index is 13.4. The quantitative estimate of drug-likeness (QED) is 0.333. The van der Waals surface area contributed by atoms with Crippen LogP contribution >= 0.6 is 0 Å². The fourth-order valence-corrected chi connectivity index (χ4v) is 4.17. The molecule has 37 heavy (non-hydrogen) atoms. The molecule has 2 unspecified atom stereocenters. The number of aliphatic hydroxyl groups excluding tert-OH is 1. The Hall–Kier alpha value is -3.66. The fourth-order valence-electron chi connectivity index (χ4n) is 4.17. The lowest BCUT2D eigenvalue weighted by Gasteiger charge is -2.28. The third kappa shape index (κ3) is 8.45. The van der Waals surface area contributed by atoms with E-state index in [9.17, 15) is 13.9 Å². The number of ether oxygens (including phenoxy) is 1. The van der Waals surface area contributed by atoms with Crippen molar-refractivity contribution < 1.29 is 38.4 Å². The highest BCUT2D eigenvalue weighted by Crippen LogP contribution is 2.30. The Morgan fingerprint density at radius 1 is 0.892 bits per heavy atom. The molecule has 7 nitrogen and oxygen atoms in total. The van der Waals surface area contributed by atoms with Crippen molar-refractivity contribution in [3.63, 3.8) is 0 Å². The van der Waals surface area contributed by atoms with Gasteiger partial charge in [-0.2, -0.15) is 0 Å². The number of aliphatic carboxylic acids is 2. The van der Waals surface area contributed by atoms with Crippen molar-refractivity contribution >= 4 is 11.9 Å². The van der Waals surface area contributed by atoms with Crippen LogP contribution in [0.1, 0.15) is 47.2 Å². The molecule has 1 aliphatic carbocycles. The number of rotatable bonds is 8. The lowest BCUT2D eigenvalue weighted by atomic mass is 9.88. The molecule has 2 atom stereocenters. The van der Waals surface area contributed by atoms with E-state index in [4.69, 9.17) is 24.5 Å². The molecule has 0 aliphatic heterocycles. The van der Waals surface area contributed by atoms with Crippen molar-refractivity contribution in [2.24, 2.45) is 0 Å². The summed E-state index contributed by atoms with van der Waals surface area (Å²) in [6, 6.07) is 20.7. The number of aliphatic hydroxyl groups is 1. The number of carbonyl (C=O) groups is 2. The van der Waals surface area contributed by atoms with Crippen molar-refractivity contribution in [1.29, 1.82) is 0 Å². The van der Waals surface area contributed by atoms with Gasteiger partial charge >= 0.3 is 11.9 Å². The fraction of sp³-hybridized carbons (Fsp3) is 0.286. The molecule has 3 aromatic carbocycles. The molecule has 0 aromatic heterocycles. The second-order valence-electron chi connectivity index (χ2n) is 8.63. The number of nitrogens with one attached hydrogen (secondary N) is 1. The van der Waals surface area contributed by atoms with Crippen LogP contribution in [0.5, 0.6) is 0 Å². The summed E-state index contributed by atoms with van der Waals surface area (Å²) < 4.78 is 32.8. The lowest BCUT2D eigenvalue weighted by Crippen LogP contribution is -2.35. The number of carboxylic acids is 2. The molecule has 0 saturated carbocycles. The van der Waals surface area contributed by atoms with Crippen LogP contribution in [0.4, 0.5) is 8.78 Å². The van der Waals surface area contributed by atoms with E-state index in [2.05, 4.69) is 23.5 Å². The van der Waals surface area contributed by atoms with E-state index in [1.807, 2.05) is 6.07 Å². The molecule has 0 radical (unpaired) electrons. The zero-order chi connectivity index (χ0) is 26.8. The Balaban J connectivity index is 0.000000568. The zero-order valence-corrected chi connectivity index (χ0v) is 20.0. The second-order valence-corrected chi connectivity index (χ2v) is 8.63. The Morgan fingerprint density at radius 2 is 1.43 bits per heavy atom. The predicted octanol–water partition coefficient (Wildman–Crippen LogP) is 4.25. The van der Waals surface area contributed by atoms with Gasteiger partial charge in [0, 0.05) is 12.6 Å². The van der Waals surface area contributed by atoms with Crippen LogP contribution in [0.25, 0.3) is 0 Å².